The van der Waals surface area contributed by atoms with E-state index in [1.165, 1.54) is 117 Å². The summed E-state index contributed by atoms with van der Waals surface area (Å²) in [6.07, 6.45) is 23.7. The molecule has 7 heteroatoms. The van der Waals surface area contributed by atoms with Gasteiger partial charge in [-0.3, -0.25) is 4.48 Å². The second kappa shape index (κ2) is 21.3. The molecule has 0 rings (SSSR count). The van der Waals surface area contributed by atoms with Gasteiger partial charge in [-0.15, -0.1) is 0 Å². The molecule has 3 atom stereocenters. The SMILES string of the molecule is CCCCCCCCCCCCCCCCCCCCC[N+](C(C)C(=O)O)(C(C)C(=O)O)C(C)C(=O)O. The number of carboxylic acids is 3. The Morgan fingerprint density at radius 3 is 0.892 bits per heavy atom. The summed E-state index contributed by atoms with van der Waals surface area (Å²) in [4.78, 5) is 35.4. The Labute approximate surface area is 226 Å². The summed E-state index contributed by atoms with van der Waals surface area (Å²) in [5.74, 6) is -3.50. The van der Waals surface area contributed by atoms with Gasteiger partial charge >= 0.3 is 17.9 Å². The minimum Gasteiger partial charge on any atom is -0.477 e. The van der Waals surface area contributed by atoms with E-state index in [0.29, 0.717) is 6.42 Å². The molecule has 0 bridgehead atoms. The number of nitrogens with zero attached hydrogens (tertiary/aromatic N) is 1. The zero-order chi connectivity index (χ0) is 28.1. The van der Waals surface area contributed by atoms with Crippen LogP contribution in [0.3, 0.4) is 0 Å². The van der Waals surface area contributed by atoms with Crippen molar-refractivity contribution in [2.24, 2.45) is 0 Å². The van der Waals surface area contributed by atoms with E-state index in [9.17, 15) is 29.7 Å². The van der Waals surface area contributed by atoms with Crippen LogP contribution < -0.4 is 0 Å². The molecule has 0 aliphatic rings. The molecular weight excluding hydrogens is 470 g/mol. The van der Waals surface area contributed by atoms with Crippen LogP contribution in [0.25, 0.3) is 0 Å². The number of rotatable bonds is 26. The normalized spacial score (nSPS) is 15.6. The van der Waals surface area contributed by atoms with Crippen LogP contribution in [0.1, 0.15) is 150 Å². The Hall–Kier alpha value is -1.63. The van der Waals surface area contributed by atoms with Crippen molar-refractivity contribution in [2.45, 2.75) is 168 Å². The average Bonchev–Trinajstić information content (AvgIpc) is 2.86. The van der Waals surface area contributed by atoms with E-state index in [-0.39, 0.29) is 6.54 Å². The van der Waals surface area contributed by atoms with Crippen LogP contribution in [-0.4, -0.2) is 62.4 Å². The van der Waals surface area contributed by atoms with Gasteiger partial charge in [-0.05, 0) is 33.6 Å². The lowest BCUT2D eigenvalue weighted by Gasteiger charge is -2.47. The largest absolute Gasteiger partial charge is 0.477 e. The summed E-state index contributed by atoms with van der Waals surface area (Å²) in [6, 6.07) is -3.35. The Morgan fingerprint density at radius 2 is 0.676 bits per heavy atom. The number of unbranched alkanes of at least 4 members (excludes halogenated alkanes) is 18. The first-order valence-corrected chi connectivity index (χ1v) is 15.2. The highest BCUT2D eigenvalue weighted by atomic mass is 16.4. The van der Waals surface area contributed by atoms with Crippen LogP contribution in [0, 0.1) is 0 Å². The molecule has 0 aliphatic heterocycles. The third-order valence-electron chi connectivity index (χ3n) is 8.38. The molecule has 0 spiro atoms. The molecule has 0 amide bonds. The van der Waals surface area contributed by atoms with Crippen molar-refractivity contribution in [3.05, 3.63) is 0 Å². The Balaban J connectivity index is 4.08. The smallest absolute Gasteiger partial charge is 0.362 e. The first kappa shape index (κ1) is 35.4. The first-order valence-electron chi connectivity index (χ1n) is 15.2. The molecule has 0 radical (unpaired) electrons. The van der Waals surface area contributed by atoms with E-state index < -0.39 is 40.5 Å². The van der Waals surface area contributed by atoms with Gasteiger partial charge in [0.25, 0.3) is 0 Å². The zero-order valence-electron chi connectivity index (χ0n) is 24.4. The summed E-state index contributed by atoms with van der Waals surface area (Å²) in [5, 5.41) is 28.9. The van der Waals surface area contributed by atoms with E-state index >= 15 is 0 Å². The Bertz CT molecular complexity index is 573. The monoisotopic (exact) mass is 528 g/mol. The van der Waals surface area contributed by atoms with Gasteiger partial charge in [0, 0.05) is 0 Å². The fourth-order valence-corrected chi connectivity index (χ4v) is 5.67. The molecule has 0 aromatic rings. The minimum absolute atomic E-state index is 0.229. The van der Waals surface area contributed by atoms with Crippen molar-refractivity contribution in [2.75, 3.05) is 6.54 Å². The van der Waals surface area contributed by atoms with Gasteiger partial charge in [-0.25, -0.2) is 14.4 Å². The quantitative estimate of drug-likeness (QED) is 0.0785. The zero-order valence-corrected chi connectivity index (χ0v) is 24.4. The van der Waals surface area contributed by atoms with Gasteiger partial charge in [0.2, 0.25) is 0 Å². The summed E-state index contributed by atoms with van der Waals surface area (Å²) < 4.78 is -0.473. The van der Waals surface area contributed by atoms with E-state index in [0.717, 1.165) is 19.3 Å². The molecule has 3 unspecified atom stereocenters. The molecule has 0 fully saturated rings. The Morgan fingerprint density at radius 1 is 0.459 bits per heavy atom. The van der Waals surface area contributed by atoms with Crippen molar-refractivity contribution in [1.82, 2.24) is 0 Å². The second-order valence-corrected chi connectivity index (χ2v) is 11.1. The third kappa shape index (κ3) is 14.2. The van der Waals surface area contributed by atoms with Crippen LogP contribution in [-0.2, 0) is 14.4 Å². The summed E-state index contributed by atoms with van der Waals surface area (Å²) in [5.41, 5.74) is 0. The van der Waals surface area contributed by atoms with E-state index in [1.54, 1.807) is 0 Å². The summed E-state index contributed by atoms with van der Waals surface area (Å²) >= 11 is 0. The van der Waals surface area contributed by atoms with E-state index in [1.807, 2.05) is 0 Å². The highest BCUT2D eigenvalue weighted by molar-refractivity contribution is 5.77. The molecule has 0 saturated carbocycles. The Kier molecular flexibility index (Phi) is 20.4. The molecule has 218 valence electrons. The topological polar surface area (TPSA) is 112 Å². The highest BCUT2D eigenvalue weighted by Crippen LogP contribution is 2.27. The fourth-order valence-electron chi connectivity index (χ4n) is 5.67. The maximum atomic E-state index is 11.8. The highest BCUT2D eigenvalue weighted by Gasteiger charge is 2.52. The maximum absolute atomic E-state index is 11.8. The van der Waals surface area contributed by atoms with Crippen molar-refractivity contribution in [3.8, 4) is 0 Å². The van der Waals surface area contributed by atoms with Crippen LogP contribution >= 0.6 is 0 Å². The van der Waals surface area contributed by atoms with E-state index in [2.05, 4.69) is 6.92 Å². The third-order valence-corrected chi connectivity index (χ3v) is 8.38. The molecule has 3 N–H and O–H groups in total. The fraction of sp³-hybridized carbons (Fsp3) is 0.900. The number of carbonyl (C=O) groups is 3. The maximum Gasteiger partial charge on any atom is 0.362 e. The van der Waals surface area contributed by atoms with Gasteiger partial charge in [0.1, 0.15) is 0 Å². The number of hydrogen-bond donors (Lipinski definition) is 3. The van der Waals surface area contributed by atoms with Crippen molar-refractivity contribution in [1.29, 1.82) is 0 Å². The first-order chi connectivity index (χ1) is 17.6. The molecule has 0 aliphatic carbocycles. The van der Waals surface area contributed by atoms with Crippen LogP contribution in [0.4, 0.5) is 0 Å². The molecule has 37 heavy (non-hydrogen) atoms. The molecule has 0 aromatic carbocycles. The molecule has 7 nitrogen and oxygen atoms in total. The predicted octanol–water partition coefficient (Wildman–Crippen LogP) is 7.65. The summed E-state index contributed by atoms with van der Waals surface area (Å²) in [7, 11) is 0. The van der Waals surface area contributed by atoms with Crippen molar-refractivity contribution >= 4 is 17.9 Å². The lowest BCUT2D eigenvalue weighted by molar-refractivity contribution is -0.968. The predicted molar refractivity (Wildman–Crippen MR) is 150 cm³/mol. The van der Waals surface area contributed by atoms with Crippen LogP contribution in [0.2, 0.25) is 0 Å². The van der Waals surface area contributed by atoms with Gasteiger partial charge in [-0.2, -0.15) is 0 Å². The second-order valence-electron chi connectivity index (χ2n) is 11.1. The van der Waals surface area contributed by atoms with Crippen LogP contribution in [0.15, 0.2) is 0 Å². The standard InChI is InChI=1S/C30H57NO6/c1-5-6-7-8-9-10-11-12-13-14-15-16-17-18-19-20-21-22-23-24-31(25(2)28(32)33,26(3)29(34)35)27(4)30(36)37/h25-27H,5-24H2,1-4H3,(H2-,32,33,34,35,36,37)/p+1. The number of hydrogen-bond acceptors (Lipinski definition) is 3. The lowest BCUT2D eigenvalue weighted by atomic mass is 9.99. The molecular formula is C30H58NO6+. The number of aliphatic carboxylic acids is 3. The average molecular weight is 529 g/mol. The van der Waals surface area contributed by atoms with Crippen molar-refractivity contribution < 1.29 is 34.2 Å². The lowest BCUT2D eigenvalue weighted by Crippen LogP contribution is -2.70. The number of carboxylic acid groups (broad SMARTS) is 3. The van der Waals surface area contributed by atoms with Crippen LogP contribution in [0.5, 0.6) is 0 Å². The van der Waals surface area contributed by atoms with Gasteiger partial charge in [-0.1, -0.05) is 116 Å². The number of quaternary nitrogens is 1. The van der Waals surface area contributed by atoms with Gasteiger partial charge < -0.3 is 15.3 Å². The minimum atomic E-state index is -1.17. The molecule has 0 aromatic heterocycles. The van der Waals surface area contributed by atoms with Gasteiger partial charge in [0.05, 0.1) is 6.54 Å². The molecule has 0 heterocycles. The molecule has 0 saturated heterocycles. The van der Waals surface area contributed by atoms with E-state index in [4.69, 9.17) is 0 Å². The van der Waals surface area contributed by atoms with Crippen molar-refractivity contribution in [3.63, 3.8) is 0 Å². The van der Waals surface area contributed by atoms with Gasteiger partial charge in [0.15, 0.2) is 18.1 Å². The summed E-state index contributed by atoms with van der Waals surface area (Å²) in [6.45, 7) is 6.77.